The van der Waals surface area contributed by atoms with E-state index in [1.807, 2.05) is 56.3 Å². The van der Waals surface area contributed by atoms with E-state index in [1.165, 1.54) is 11.1 Å². The molecule has 0 aliphatic heterocycles. The Morgan fingerprint density at radius 2 is 0.938 bits per heavy atom. The maximum atomic E-state index is 8.85. The Kier molecular flexibility index (Phi) is 12.2. The molecule has 0 bridgehead atoms. The molecule has 32 heavy (non-hydrogen) atoms. The summed E-state index contributed by atoms with van der Waals surface area (Å²) in [5, 5.41) is 35.1. The monoisotopic (exact) mass is 432 g/mol. The third kappa shape index (κ3) is 12.6. The predicted octanol–water partition coefficient (Wildman–Crippen LogP) is 6.75. The molecule has 0 amide bonds. The van der Waals surface area contributed by atoms with Gasteiger partial charge >= 0.3 is 0 Å². The fourth-order valence-corrected chi connectivity index (χ4v) is 2.33. The maximum absolute atomic E-state index is 8.85. The zero-order chi connectivity index (χ0) is 23.8. The highest BCUT2D eigenvalue weighted by molar-refractivity contribution is 5.26. The predicted molar refractivity (Wildman–Crippen MR) is 131 cm³/mol. The van der Waals surface area contributed by atoms with E-state index >= 15 is 0 Å². The lowest BCUT2D eigenvalue weighted by atomic mass is 10.2. The summed E-state index contributed by atoms with van der Waals surface area (Å²) in [7, 11) is 0. The zero-order valence-corrected chi connectivity index (χ0v) is 18.8. The number of hydrogen-bond acceptors (Lipinski definition) is 4. The topological polar surface area (TPSA) is 80.9 Å². The first-order chi connectivity index (χ1) is 15.3. The summed E-state index contributed by atoms with van der Waals surface area (Å²) < 4.78 is 0. The Bertz CT molecular complexity index is 957. The van der Waals surface area contributed by atoms with Crippen LogP contribution in [0.15, 0.2) is 103 Å². The van der Waals surface area contributed by atoms with Gasteiger partial charge in [-0.05, 0) is 79.9 Å². The molecule has 168 valence electrons. The molecule has 0 unspecified atom stereocenters. The first kappa shape index (κ1) is 26.1. The Hall–Kier alpha value is -3.92. The average Bonchev–Trinajstić information content (AvgIpc) is 2.78. The first-order valence-corrected chi connectivity index (χ1v) is 10.3. The molecule has 4 N–H and O–H groups in total. The van der Waals surface area contributed by atoms with Crippen LogP contribution < -0.4 is 0 Å². The van der Waals surface area contributed by atoms with E-state index in [0.29, 0.717) is 23.0 Å². The van der Waals surface area contributed by atoms with Crippen molar-refractivity contribution in [3.05, 3.63) is 120 Å². The van der Waals surface area contributed by atoms with Crippen molar-refractivity contribution in [2.75, 3.05) is 0 Å². The lowest BCUT2D eigenvalue weighted by Gasteiger charge is -1.93. The summed E-state index contributed by atoms with van der Waals surface area (Å²) in [6.07, 6.45) is 1.03. The second-order valence-corrected chi connectivity index (χ2v) is 7.03. The van der Waals surface area contributed by atoms with E-state index < -0.39 is 0 Å². The molecular weight excluding hydrogens is 400 g/mol. The van der Waals surface area contributed by atoms with Gasteiger partial charge in [-0.2, -0.15) is 0 Å². The molecule has 0 saturated heterocycles. The SMILES string of the molecule is CCc1ccc(O)cc1.Cc1ccc(O)cc1.Cc1cccc(O)c1.Oc1ccccc1. The standard InChI is InChI=1S/C8H10O.2C7H8O.C6H6O/c1-2-7-3-5-8(9)6-4-7;1-6-2-4-7(8)5-3-6;1-6-3-2-4-7(8)5-6;7-6-4-2-1-3-5-6/h3-6,9H,2H2,1H3;2*2-5,8H,1H3;1-5,7H. The van der Waals surface area contributed by atoms with Crippen LogP contribution in [0.3, 0.4) is 0 Å². The lowest BCUT2D eigenvalue weighted by molar-refractivity contribution is 0.474. The molecule has 0 saturated carbocycles. The van der Waals surface area contributed by atoms with Crippen molar-refractivity contribution >= 4 is 0 Å². The van der Waals surface area contributed by atoms with Crippen LogP contribution in [0, 0.1) is 13.8 Å². The van der Waals surface area contributed by atoms with Crippen molar-refractivity contribution in [3.8, 4) is 23.0 Å². The van der Waals surface area contributed by atoms with Crippen molar-refractivity contribution in [1.29, 1.82) is 0 Å². The molecular formula is C28H32O4. The van der Waals surface area contributed by atoms with E-state index in [-0.39, 0.29) is 0 Å². The molecule has 4 nitrogen and oxygen atoms in total. The quantitative estimate of drug-likeness (QED) is 0.268. The van der Waals surface area contributed by atoms with Crippen LogP contribution in [0.1, 0.15) is 23.6 Å². The minimum absolute atomic E-state index is 0.322. The third-order valence-corrected chi connectivity index (χ3v) is 4.14. The summed E-state index contributed by atoms with van der Waals surface area (Å²) in [5.74, 6) is 1.33. The molecule has 4 heteroatoms. The Morgan fingerprint density at radius 3 is 1.28 bits per heavy atom. The second-order valence-electron chi connectivity index (χ2n) is 7.03. The Morgan fingerprint density at radius 1 is 0.469 bits per heavy atom. The Balaban J connectivity index is 0.000000214. The van der Waals surface area contributed by atoms with Gasteiger partial charge in [0, 0.05) is 0 Å². The normalized spacial score (nSPS) is 9.09. The van der Waals surface area contributed by atoms with Gasteiger partial charge in [0.1, 0.15) is 23.0 Å². The van der Waals surface area contributed by atoms with Crippen LogP contribution in [0.5, 0.6) is 23.0 Å². The fourth-order valence-electron chi connectivity index (χ4n) is 2.33. The molecule has 4 aromatic carbocycles. The molecule has 0 aliphatic rings. The van der Waals surface area contributed by atoms with Crippen LogP contribution in [-0.4, -0.2) is 20.4 Å². The van der Waals surface area contributed by atoms with Gasteiger partial charge in [-0.3, -0.25) is 0 Å². The van der Waals surface area contributed by atoms with Gasteiger partial charge in [-0.1, -0.05) is 67.1 Å². The van der Waals surface area contributed by atoms with Crippen LogP contribution >= 0.6 is 0 Å². The molecule has 0 atom stereocenters. The highest BCUT2D eigenvalue weighted by Gasteiger charge is 1.87. The number of aryl methyl sites for hydroxylation is 3. The van der Waals surface area contributed by atoms with Crippen molar-refractivity contribution in [2.24, 2.45) is 0 Å². The number of hydrogen-bond donors (Lipinski definition) is 4. The summed E-state index contributed by atoms with van der Waals surface area (Å²) in [5.41, 5.74) is 3.51. The molecule has 4 rings (SSSR count). The summed E-state index contributed by atoms with van der Waals surface area (Å²) >= 11 is 0. The molecule has 4 aromatic rings. The van der Waals surface area contributed by atoms with Gasteiger partial charge in [-0.25, -0.2) is 0 Å². The number of benzene rings is 4. The van der Waals surface area contributed by atoms with Gasteiger partial charge < -0.3 is 20.4 Å². The number of phenolic OH excluding ortho intramolecular Hbond substituents is 4. The van der Waals surface area contributed by atoms with Gasteiger partial charge in [-0.15, -0.1) is 0 Å². The maximum Gasteiger partial charge on any atom is 0.115 e. The van der Waals surface area contributed by atoms with E-state index in [4.69, 9.17) is 20.4 Å². The molecule has 0 aromatic heterocycles. The average molecular weight is 433 g/mol. The lowest BCUT2D eigenvalue weighted by Crippen LogP contribution is -1.75. The highest BCUT2D eigenvalue weighted by atomic mass is 16.3. The highest BCUT2D eigenvalue weighted by Crippen LogP contribution is 2.10. The van der Waals surface area contributed by atoms with Crippen LogP contribution in [0.4, 0.5) is 0 Å². The largest absolute Gasteiger partial charge is 0.508 e. The van der Waals surface area contributed by atoms with Gasteiger partial charge in [0.15, 0.2) is 0 Å². The van der Waals surface area contributed by atoms with Crippen molar-refractivity contribution in [3.63, 3.8) is 0 Å². The van der Waals surface area contributed by atoms with Crippen LogP contribution in [-0.2, 0) is 6.42 Å². The van der Waals surface area contributed by atoms with E-state index in [2.05, 4.69) is 6.92 Å². The van der Waals surface area contributed by atoms with Crippen molar-refractivity contribution in [2.45, 2.75) is 27.2 Å². The van der Waals surface area contributed by atoms with Crippen LogP contribution in [0.25, 0.3) is 0 Å². The molecule has 0 spiro atoms. The number of aromatic hydroxyl groups is 4. The summed E-state index contributed by atoms with van der Waals surface area (Å²) in [6, 6.07) is 30.2. The Labute approximate surface area is 190 Å². The number of rotatable bonds is 1. The minimum Gasteiger partial charge on any atom is -0.508 e. The minimum atomic E-state index is 0.322. The van der Waals surface area contributed by atoms with E-state index in [9.17, 15) is 0 Å². The van der Waals surface area contributed by atoms with Gasteiger partial charge in [0.2, 0.25) is 0 Å². The number of phenols is 4. The summed E-state index contributed by atoms with van der Waals surface area (Å²) in [4.78, 5) is 0. The fraction of sp³-hybridized carbons (Fsp3) is 0.143. The van der Waals surface area contributed by atoms with Gasteiger partial charge in [0.05, 0.1) is 0 Å². The third-order valence-electron chi connectivity index (χ3n) is 4.14. The van der Waals surface area contributed by atoms with E-state index in [0.717, 1.165) is 12.0 Å². The summed E-state index contributed by atoms with van der Waals surface area (Å²) in [6.45, 7) is 6.02. The molecule has 0 aliphatic carbocycles. The molecule has 0 fully saturated rings. The molecule has 0 heterocycles. The van der Waals surface area contributed by atoms with Crippen molar-refractivity contribution < 1.29 is 20.4 Å². The smallest absolute Gasteiger partial charge is 0.115 e. The van der Waals surface area contributed by atoms with E-state index in [1.54, 1.807) is 60.7 Å². The van der Waals surface area contributed by atoms with Gasteiger partial charge in [0.25, 0.3) is 0 Å². The zero-order valence-electron chi connectivity index (χ0n) is 18.8. The molecule has 0 radical (unpaired) electrons. The number of para-hydroxylation sites is 1. The van der Waals surface area contributed by atoms with Crippen molar-refractivity contribution in [1.82, 2.24) is 0 Å². The first-order valence-electron chi connectivity index (χ1n) is 10.3. The second kappa shape index (κ2) is 15.0. The van der Waals surface area contributed by atoms with Crippen LogP contribution in [0.2, 0.25) is 0 Å².